The van der Waals surface area contributed by atoms with E-state index >= 15 is 0 Å². The molecule has 0 saturated heterocycles. The van der Waals surface area contributed by atoms with Crippen LogP contribution in [0.1, 0.15) is 37.3 Å². The Morgan fingerprint density at radius 1 is 1.08 bits per heavy atom. The number of benzene rings is 2. The molecule has 0 fully saturated rings. The molecule has 0 heterocycles. The summed E-state index contributed by atoms with van der Waals surface area (Å²) in [6.45, 7) is 6.17. The van der Waals surface area contributed by atoms with E-state index in [-0.39, 0.29) is 23.3 Å². The summed E-state index contributed by atoms with van der Waals surface area (Å²) in [4.78, 5) is 0.194. The van der Waals surface area contributed by atoms with Crippen LogP contribution in [0.15, 0.2) is 53.4 Å². The quantitative estimate of drug-likeness (QED) is 0.647. The van der Waals surface area contributed by atoms with Crippen molar-refractivity contribution < 1.29 is 17.3 Å². The van der Waals surface area contributed by atoms with Crippen LogP contribution in [0.25, 0.3) is 0 Å². The summed E-state index contributed by atoms with van der Waals surface area (Å²) < 4.78 is 35.3. The Bertz CT molecular complexity index is 782. The van der Waals surface area contributed by atoms with Gasteiger partial charge in [-0.3, -0.25) is 4.18 Å². The second kappa shape index (κ2) is 8.50. The molecule has 0 aliphatic rings. The van der Waals surface area contributed by atoms with Gasteiger partial charge in [0, 0.05) is 0 Å². The first-order chi connectivity index (χ1) is 11.9. The van der Waals surface area contributed by atoms with Crippen LogP contribution in [-0.4, -0.2) is 22.1 Å². The molecule has 0 aliphatic heterocycles. The molecule has 0 radical (unpaired) electrons. The van der Waals surface area contributed by atoms with E-state index in [0.717, 1.165) is 23.3 Å². The highest BCUT2D eigenvalue weighted by Gasteiger charge is 2.22. The maximum Gasteiger partial charge on any atom is 0.296 e. The molecular weight excluding hydrogens is 336 g/mol. The van der Waals surface area contributed by atoms with Crippen LogP contribution in [0.2, 0.25) is 0 Å². The topological polar surface area (TPSA) is 52.6 Å². The second-order valence-corrected chi connectivity index (χ2v) is 7.94. The van der Waals surface area contributed by atoms with Gasteiger partial charge in [-0.05, 0) is 55.0 Å². The van der Waals surface area contributed by atoms with Crippen molar-refractivity contribution in [2.45, 2.75) is 38.0 Å². The van der Waals surface area contributed by atoms with E-state index in [1.807, 2.05) is 38.1 Å². The molecule has 2 rings (SSSR count). The standard InChI is InChI=1S/C20H26O4S/c1-5-20(17-7-6-8-18(13-17)23-4)16(3)14-24-25(21,22)19-11-9-15(2)10-12-19/h6-13,16,20H,5,14H2,1-4H3/t16?,20-/m1/s1. The lowest BCUT2D eigenvalue weighted by molar-refractivity contribution is 0.239. The van der Waals surface area contributed by atoms with Gasteiger partial charge in [0.2, 0.25) is 0 Å². The smallest absolute Gasteiger partial charge is 0.296 e. The molecule has 0 aromatic heterocycles. The van der Waals surface area contributed by atoms with E-state index in [1.165, 1.54) is 0 Å². The molecule has 5 heteroatoms. The van der Waals surface area contributed by atoms with Gasteiger partial charge in [-0.25, -0.2) is 0 Å². The van der Waals surface area contributed by atoms with Crippen molar-refractivity contribution in [3.05, 3.63) is 59.7 Å². The normalized spacial score (nSPS) is 14.1. The highest BCUT2D eigenvalue weighted by Crippen LogP contribution is 2.31. The zero-order valence-corrected chi connectivity index (χ0v) is 16.0. The van der Waals surface area contributed by atoms with E-state index in [4.69, 9.17) is 8.92 Å². The first kappa shape index (κ1) is 19.5. The van der Waals surface area contributed by atoms with Crippen molar-refractivity contribution in [2.75, 3.05) is 13.7 Å². The Kier molecular flexibility index (Phi) is 6.62. The lowest BCUT2D eigenvalue weighted by Gasteiger charge is -2.23. The van der Waals surface area contributed by atoms with Crippen molar-refractivity contribution >= 4 is 10.1 Å². The molecule has 0 bridgehead atoms. The number of rotatable bonds is 8. The second-order valence-electron chi connectivity index (χ2n) is 6.32. The Morgan fingerprint density at radius 3 is 2.36 bits per heavy atom. The van der Waals surface area contributed by atoms with Gasteiger partial charge in [0.1, 0.15) is 5.75 Å². The predicted molar refractivity (Wildman–Crippen MR) is 99.5 cm³/mol. The number of hydrogen-bond acceptors (Lipinski definition) is 4. The van der Waals surface area contributed by atoms with Crippen LogP contribution >= 0.6 is 0 Å². The highest BCUT2D eigenvalue weighted by atomic mass is 32.2. The van der Waals surface area contributed by atoms with Crippen molar-refractivity contribution in [2.24, 2.45) is 5.92 Å². The van der Waals surface area contributed by atoms with Crippen LogP contribution in [0.5, 0.6) is 5.75 Å². The van der Waals surface area contributed by atoms with Gasteiger partial charge in [0.05, 0.1) is 18.6 Å². The van der Waals surface area contributed by atoms with Gasteiger partial charge in [-0.2, -0.15) is 8.42 Å². The van der Waals surface area contributed by atoms with Gasteiger partial charge >= 0.3 is 0 Å². The number of hydrogen-bond donors (Lipinski definition) is 0. The molecule has 136 valence electrons. The molecule has 2 aromatic carbocycles. The Balaban J connectivity index is 2.08. The average Bonchev–Trinajstić information content (AvgIpc) is 2.61. The molecule has 0 saturated carbocycles. The van der Waals surface area contributed by atoms with E-state index in [2.05, 4.69) is 6.92 Å². The van der Waals surface area contributed by atoms with Gasteiger partial charge in [0.15, 0.2) is 0 Å². The minimum absolute atomic E-state index is 0.0531. The molecule has 0 amide bonds. The van der Waals surface area contributed by atoms with Gasteiger partial charge < -0.3 is 4.74 Å². The molecule has 2 aromatic rings. The summed E-state index contributed by atoms with van der Waals surface area (Å²) in [5.41, 5.74) is 2.14. The molecular formula is C20H26O4S. The lowest BCUT2D eigenvalue weighted by Crippen LogP contribution is -2.18. The predicted octanol–water partition coefficient (Wildman–Crippen LogP) is 4.54. The van der Waals surface area contributed by atoms with E-state index in [0.29, 0.717) is 0 Å². The third kappa shape index (κ3) is 5.06. The minimum atomic E-state index is -3.73. The van der Waals surface area contributed by atoms with Crippen LogP contribution in [0.3, 0.4) is 0 Å². The molecule has 0 N–H and O–H groups in total. The van der Waals surface area contributed by atoms with E-state index < -0.39 is 10.1 Å². The maximum atomic E-state index is 12.4. The number of aryl methyl sites for hydroxylation is 1. The van der Waals surface area contributed by atoms with Crippen molar-refractivity contribution in [3.63, 3.8) is 0 Å². The van der Waals surface area contributed by atoms with Gasteiger partial charge in [-0.1, -0.05) is 43.7 Å². The Hall–Kier alpha value is -1.85. The lowest BCUT2D eigenvalue weighted by atomic mass is 9.85. The van der Waals surface area contributed by atoms with Crippen molar-refractivity contribution in [3.8, 4) is 5.75 Å². The van der Waals surface area contributed by atoms with Crippen LogP contribution in [-0.2, 0) is 14.3 Å². The SMILES string of the molecule is CC[C@@H](c1cccc(OC)c1)C(C)COS(=O)(=O)c1ccc(C)cc1. The van der Waals surface area contributed by atoms with Crippen molar-refractivity contribution in [1.82, 2.24) is 0 Å². The monoisotopic (exact) mass is 362 g/mol. The minimum Gasteiger partial charge on any atom is -0.497 e. The molecule has 4 nitrogen and oxygen atoms in total. The zero-order chi connectivity index (χ0) is 18.4. The van der Waals surface area contributed by atoms with E-state index in [1.54, 1.807) is 31.4 Å². The zero-order valence-electron chi connectivity index (χ0n) is 15.2. The summed E-state index contributed by atoms with van der Waals surface area (Å²) in [5.74, 6) is 1.05. The van der Waals surface area contributed by atoms with Crippen molar-refractivity contribution in [1.29, 1.82) is 0 Å². The van der Waals surface area contributed by atoms with Gasteiger partial charge in [0.25, 0.3) is 10.1 Å². The Morgan fingerprint density at radius 2 is 1.76 bits per heavy atom. The summed E-state index contributed by atoms with van der Waals surface area (Å²) in [6, 6.07) is 14.6. The fraction of sp³-hybridized carbons (Fsp3) is 0.400. The van der Waals surface area contributed by atoms with Gasteiger partial charge in [-0.15, -0.1) is 0 Å². The first-order valence-electron chi connectivity index (χ1n) is 8.47. The maximum absolute atomic E-state index is 12.4. The molecule has 0 spiro atoms. The van der Waals surface area contributed by atoms with Crippen LogP contribution in [0, 0.1) is 12.8 Å². The summed E-state index contributed by atoms with van der Waals surface area (Å²) in [7, 11) is -2.09. The average molecular weight is 362 g/mol. The van der Waals surface area contributed by atoms with Crippen LogP contribution in [0.4, 0.5) is 0 Å². The molecule has 0 aliphatic carbocycles. The third-order valence-electron chi connectivity index (χ3n) is 4.44. The largest absolute Gasteiger partial charge is 0.497 e. The third-order valence-corrected chi connectivity index (χ3v) is 5.74. The molecule has 25 heavy (non-hydrogen) atoms. The number of methoxy groups -OCH3 is 1. The fourth-order valence-electron chi connectivity index (χ4n) is 2.92. The first-order valence-corrected chi connectivity index (χ1v) is 9.88. The molecule has 1 unspecified atom stereocenters. The highest BCUT2D eigenvalue weighted by molar-refractivity contribution is 7.86. The number of ether oxygens (including phenoxy) is 1. The summed E-state index contributed by atoms with van der Waals surface area (Å²) in [5, 5.41) is 0. The van der Waals surface area contributed by atoms with E-state index in [9.17, 15) is 8.42 Å². The molecule has 2 atom stereocenters. The Labute approximate surface area is 150 Å². The summed E-state index contributed by atoms with van der Waals surface area (Å²) in [6.07, 6.45) is 0.891. The summed E-state index contributed by atoms with van der Waals surface area (Å²) >= 11 is 0. The van der Waals surface area contributed by atoms with Crippen LogP contribution < -0.4 is 4.74 Å². The fourth-order valence-corrected chi connectivity index (χ4v) is 3.92.